The molecule has 0 unspecified atom stereocenters. The predicted octanol–water partition coefficient (Wildman–Crippen LogP) is 5.04. The Morgan fingerprint density at radius 1 is 1.00 bits per heavy atom. The maximum absolute atomic E-state index is 11.9. The van der Waals surface area contributed by atoms with Crippen LogP contribution < -0.4 is 10.2 Å². The van der Waals surface area contributed by atoms with Crippen molar-refractivity contribution in [1.82, 2.24) is 5.43 Å². The van der Waals surface area contributed by atoms with Gasteiger partial charge < -0.3 is 4.74 Å². The van der Waals surface area contributed by atoms with E-state index in [1.165, 1.54) is 31.2 Å². The van der Waals surface area contributed by atoms with E-state index in [0.717, 1.165) is 29.9 Å². The molecule has 2 rings (SSSR count). The van der Waals surface area contributed by atoms with Crippen LogP contribution >= 0.6 is 0 Å². The van der Waals surface area contributed by atoms with E-state index in [-0.39, 0.29) is 5.91 Å². The van der Waals surface area contributed by atoms with Gasteiger partial charge >= 0.3 is 0 Å². The van der Waals surface area contributed by atoms with E-state index in [2.05, 4.69) is 17.5 Å². The van der Waals surface area contributed by atoms with Gasteiger partial charge in [-0.2, -0.15) is 5.10 Å². The third-order valence-electron chi connectivity index (χ3n) is 4.28. The summed E-state index contributed by atoms with van der Waals surface area (Å²) in [4.78, 5) is 11.9. The van der Waals surface area contributed by atoms with E-state index in [9.17, 15) is 4.79 Å². The Morgan fingerprint density at radius 3 is 2.41 bits per heavy atom. The van der Waals surface area contributed by atoms with Gasteiger partial charge in [-0.1, -0.05) is 62.4 Å². The van der Waals surface area contributed by atoms with Crippen molar-refractivity contribution < 1.29 is 9.53 Å². The van der Waals surface area contributed by atoms with Crippen LogP contribution in [-0.4, -0.2) is 18.7 Å². The van der Waals surface area contributed by atoms with Crippen LogP contribution in [-0.2, 0) is 11.2 Å². The SMILES string of the molecule is CCCCCCCOc1ccc(/C=N\NC(=O)Cc2ccc(C)cc2)cc1. The van der Waals surface area contributed by atoms with Gasteiger partial charge in [0.15, 0.2) is 0 Å². The molecule has 0 atom stereocenters. The Bertz CT molecular complexity index is 706. The molecule has 0 aromatic heterocycles. The van der Waals surface area contributed by atoms with Crippen LogP contribution in [0.15, 0.2) is 53.6 Å². The van der Waals surface area contributed by atoms with Crippen molar-refractivity contribution >= 4 is 12.1 Å². The molecule has 0 aliphatic heterocycles. The maximum Gasteiger partial charge on any atom is 0.244 e. The highest BCUT2D eigenvalue weighted by Gasteiger charge is 2.01. The number of hydrazone groups is 1. The molecule has 0 aliphatic rings. The number of unbranched alkanes of at least 4 members (excludes halogenated alkanes) is 4. The van der Waals surface area contributed by atoms with E-state index < -0.39 is 0 Å². The number of rotatable bonds is 11. The minimum Gasteiger partial charge on any atom is -0.494 e. The summed E-state index contributed by atoms with van der Waals surface area (Å²) in [6, 6.07) is 15.6. The highest BCUT2D eigenvalue weighted by molar-refractivity contribution is 5.83. The van der Waals surface area contributed by atoms with Crippen LogP contribution in [0, 0.1) is 6.92 Å². The Morgan fingerprint density at radius 2 is 1.70 bits per heavy atom. The lowest BCUT2D eigenvalue weighted by atomic mass is 10.1. The average molecular weight is 367 g/mol. The fourth-order valence-corrected chi connectivity index (χ4v) is 2.66. The molecule has 4 nitrogen and oxygen atoms in total. The van der Waals surface area contributed by atoms with Crippen LogP contribution in [0.4, 0.5) is 0 Å². The zero-order valence-corrected chi connectivity index (χ0v) is 16.4. The van der Waals surface area contributed by atoms with Gasteiger partial charge in [0, 0.05) is 0 Å². The standard InChI is InChI=1S/C23H30N2O2/c1-3-4-5-6-7-16-27-22-14-12-21(13-15-22)18-24-25-23(26)17-20-10-8-19(2)9-11-20/h8-15,18H,3-7,16-17H2,1-2H3,(H,25,26)/b24-18-. The number of aryl methyl sites for hydroxylation is 1. The first-order valence-electron chi connectivity index (χ1n) is 9.77. The second-order valence-electron chi connectivity index (χ2n) is 6.79. The summed E-state index contributed by atoms with van der Waals surface area (Å²) in [5, 5.41) is 4.02. The first kappa shape index (κ1) is 20.7. The molecule has 0 bridgehead atoms. The normalized spacial score (nSPS) is 10.9. The molecule has 1 amide bonds. The van der Waals surface area contributed by atoms with Crippen molar-refractivity contribution in [2.24, 2.45) is 5.10 Å². The van der Waals surface area contributed by atoms with Gasteiger partial charge in [-0.15, -0.1) is 0 Å². The second-order valence-corrected chi connectivity index (χ2v) is 6.79. The molecule has 1 N–H and O–H groups in total. The summed E-state index contributed by atoms with van der Waals surface area (Å²) < 4.78 is 5.74. The lowest BCUT2D eigenvalue weighted by Crippen LogP contribution is -2.19. The number of nitrogens with zero attached hydrogens (tertiary/aromatic N) is 1. The number of benzene rings is 2. The van der Waals surface area contributed by atoms with Crippen molar-refractivity contribution in [1.29, 1.82) is 0 Å². The number of hydrogen-bond acceptors (Lipinski definition) is 3. The molecular formula is C23H30N2O2. The van der Waals surface area contributed by atoms with Gasteiger partial charge in [0.1, 0.15) is 5.75 Å². The first-order valence-corrected chi connectivity index (χ1v) is 9.77. The maximum atomic E-state index is 11.9. The molecule has 144 valence electrons. The van der Waals surface area contributed by atoms with E-state index in [0.29, 0.717) is 6.42 Å². The molecular weight excluding hydrogens is 336 g/mol. The predicted molar refractivity (Wildman–Crippen MR) is 111 cm³/mol. The van der Waals surface area contributed by atoms with Crippen molar-refractivity contribution in [3.63, 3.8) is 0 Å². The molecule has 0 radical (unpaired) electrons. The van der Waals surface area contributed by atoms with Crippen molar-refractivity contribution in [2.45, 2.75) is 52.4 Å². The molecule has 0 heterocycles. The Labute approximate surface area is 162 Å². The van der Waals surface area contributed by atoms with Crippen LogP contribution in [0.1, 0.15) is 55.7 Å². The summed E-state index contributed by atoms with van der Waals surface area (Å²) in [7, 11) is 0. The molecule has 4 heteroatoms. The van der Waals surface area contributed by atoms with Gasteiger partial charge in [0.05, 0.1) is 19.2 Å². The van der Waals surface area contributed by atoms with Gasteiger partial charge in [0.25, 0.3) is 0 Å². The van der Waals surface area contributed by atoms with Gasteiger partial charge in [-0.3, -0.25) is 4.79 Å². The summed E-state index contributed by atoms with van der Waals surface area (Å²) in [5.74, 6) is 0.740. The highest BCUT2D eigenvalue weighted by Crippen LogP contribution is 2.12. The molecule has 0 spiro atoms. The number of carbonyl (C=O) groups is 1. The largest absolute Gasteiger partial charge is 0.494 e. The smallest absolute Gasteiger partial charge is 0.244 e. The third-order valence-corrected chi connectivity index (χ3v) is 4.28. The van der Waals surface area contributed by atoms with E-state index in [1.807, 2.05) is 55.5 Å². The van der Waals surface area contributed by atoms with Crippen LogP contribution in [0.5, 0.6) is 5.75 Å². The van der Waals surface area contributed by atoms with Crippen molar-refractivity contribution in [3.8, 4) is 5.75 Å². The Hall–Kier alpha value is -2.62. The van der Waals surface area contributed by atoms with Crippen LogP contribution in [0.3, 0.4) is 0 Å². The van der Waals surface area contributed by atoms with Gasteiger partial charge in [0.2, 0.25) is 5.91 Å². The average Bonchev–Trinajstić information content (AvgIpc) is 2.67. The molecule has 27 heavy (non-hydrogen) atoms. The fourth-order valence-electron chi connectivity index (χ4n) is 2.66. The van der Waals surface area contributed by atoms with Crippen LogP contribution in [0.25, 0.3) is 0 Å². The molecule has 0 saturated heterocycles. The number of hydrogen-bond donors (Lipinski definition) is 1. The number of ether oxygens (including phenoxy) is 1. The monoisotopic (exact) mass is 366 g/mol. The molecule has 0 fully saturated rings. The fraction of sp³-hybridized carbons (Fsp3) is 0.391. The number of nitrogens with one attached hydrogen (secondary N) is 1. The van der Waals surface area contributed by atoms with Gasteiger partial charge in [-0.05, 0) is 48.7 Å². The molecule has 2 aromatic carbocycles. The summed E-state index contributed by atoms with van der Waals surface area (Å²) in [6.07, 6.45) is 8.12. The van der Waals surface area contributed by atoms with E-state index in [1.54, 1.807) is 6.21 Å². The zero-order chi connectivity index (χ0) is 19.3. The third kappa shape index (κ3) is 8.54. The summed E-state index contributed by atoms with van der Waals surface area (Å²) in [5.41, 5.74) is 5.64. The quantitative estimate of drug-likeness (QED) is 0.344. The minimum absolute atomic E-state index is 0.127. The lowest BCUT2D eigenvalue weighted by molar-refractivity contribution is -0.120. The van der Waals surface area contributed by atoms with Crippen molar-refractivity contribution in [3.05, 3.63) is 65.2 Å². The van der Waals surface area contributed by atoms with Crippen molar-refractivity contribution in [2.75, 3.05) is 6.61 Å². The Kier molecular flexibility index (Phi) is 9.11. The Balaban J connectivity index is 1.68. The topological polar surface area (TPSA) is 50.7 Å². The lowest BCUT2D eigenvalue weighted by Gasteiger charge is -2.06. The van der Waals surface area contributed by atoms with E-state index >= 15 is 0 Å². The zero-order valence-electron chi connectivity index (χ0n) is 16.4. The molecule has 2 aromatic rings. The summed E-state index contributed by atoms with van der Waals surface area (Å²) in [6.45, 7) is 5.00. The minimum atomic E-state index is -0.127. The van der Waals surface area contributed by atoms with Crippen LogP contribution in [0.2, 0.25) is 0 Å². The molecule has 0 saturated carbocycles. The summed E-state index contributed by atoms with van der Waals surface area (Å²) >= 11 is 0. The van der Waals surface area contributed by atoms with Gasteiger partial charge in [-0.25, -0.2) is 5.43 Å². The molecule has 0 aliphatic carbocycles. The number of amides is 1. The highest BCUT2D eigenvalue weighted by atomic mass is 16.5. The second kappa shape index (κ2) is 11.9. The first-order chi connectivity index (χ1) is 13.2. The number of carbonyl (C=O) groups excluding carboxylic acids is 1. The van der Waals surface area contributed by atoms with E-state index in [4.69, 9.17) is 4.74 Å².